The Labute approximate surface area is 105 Å². The Kier molecular flexibility index (Phi) is 6.05. The molecular weight excluding hydrogens is 224 g/mol. The zero-order valence-corrected chi connectivity index (χ0v) is 11.0. The first-order valence-electron chi connectivity index (χ1n) is 6.36. The van der Waals surface area contributed by atoms with E-state index in [2.05, 4.69) is 11.8 Å². The van der Waals surface area contributed by atoms with E-state index in [4.69, 9.17) is 10.5 Å². The molecule has 0 saturated heterocycles. The zero-order chi connectivity index (χ0) is 10.7. The molecule has 0 spiro atoms. The van der Waals surface area contributed by atoms with Crippen molar-refractivity contribution in [3.8, 4) is 0 Å². The first kappa shape index (κ1) is 14.2. The Morgan fingerprint density at radius 2 is 1.94 bits per heavy atom. The zero-order valence-electron chi connectivity index (χ0n) is 10.2. The van der Waals surface area contributed by atoms with Gasteiger partial charge in [0.1, 0.15) is 0 Å². The van der Waals surface area contributed by atoms with Gasteiger partial charge in [0.05, 0.1) is 13.2 Å². The second-order valence-corrected chi connectivity index (χ2v) is 4.95. The lowest BCUT2D eigenvalue weighted by molar-refractivity contribution is 0.0849. The molecule has 0 aromatic rings. The molecule has 2 fully saturated rings. The van der Waals surface area contributed by atoms with Crippen LogP contribution in [0.3, 0.4) is 0 Å². The third kappa shape index (κ3) is 4.21. The van der Waals surface area contributed by atoms with E-state index >= 15 is 0 Å². The molecule has 2 rings (SSSR count). The minimum atomic E-state index is 0. The Hall–Kier alpha value is 0.170. The van der Waals surface area contributed by atoms with E-state index in [1.807, 2.05) is 0 Å². The van der Waals surface area contributed by atoms with Crippen LogP contribution < -0.4 is 5.73 Å². The summed E-state index contributed by atoms with van der Waals surface area (Å²) in [5.74, 6) is 0.972. The Bertz CT molecular complexity index is 195. The highest BCUT2D eigenvalue weighted by molar-refractivity contribution is 5.85. The largest absolute Gasteiger partial charge is 0.379 e. The van der Waals surface area contributed by atoms with Crippen molar-refractivity contribution in [2.75, 3.05) is 26.3 Å². The van der Waals surface area contributed by atoms with Crippen molar-refractivity contribution in [1.29, 1.82) is 0 Å². The molecule has 1 unspecified atom stereocenters. The van der Waals surface area contributed by atoms with E-state index in [0.717, 1.165) is 31.2 Å². The summed E-state index contributed by atoms with van der Waals surface area (Å²) in [6.07, 6.45) is 5.67. The van der Waals surface area contributed by atoms with Crippen LogP contribution in [0.2, 0.25) is 0 Å². The molecule has 0 heterocycles. The lowest BCUT2D eigenvalue weighted by Gasteiger charge is -2.29. The fraction of sp³-hybridized carbons (Fsp3) is 1.00. The molecule has 0 aliphatic heterocycles. The van der Waals surface area contributed by atoms with Crippen LogP contribution in [0.4, 0.5) is 0 Å². The maximum Gasteiger partial charge on any atom is 0.0594 e. The molecule has 0 amide bonds. The van der Waals surface area contributed by atoms with Crippen molar-refractivity contribution < 1.29 is 4.74 Å². The fourth-order valence-corrected chi connectivity index (χ4v) is 2.33. The van der Waals surface area contributed by atoms with Crippen LogP contribution in [0.5, 0.6) is 0 Å². The van der Waals surface area contributed by atoms with Gasteiger partial charge in [0.2, 0.25) is 0 Å². The van der Waals surface area contributed by atoms with Gasteiger partial charge in [-0.3, -0.25) is 4.90 Å². The second-order valence-electron chi connectivity index (χ2n) is 4.95. The monoisotopic (exact) mass is 248 g/mol. The Morgan fingerprint density at radius 1 is 1.25 bits per heavy atom. The van der Waals surface area contributed by atoms with E-state index in [0.29, 0.717) is 13.2 Å². The van der Waals surface area contributed by atoms with Crippen molar-refractivity contribution >= 4 is 12.4 Å². The number of hydrogen-bond acceptors (Lipinski definition) is 3. The molecule has 2 aliphatic rings. The maximum atomic E-state index is 5.47. The molecule has 0 aromatic carbocycles. The highest BCUT2D eigenvalue weighted by Crippen LogP contribution is 2.39. The van der Waals surface area contributed by atoms with Gasteiger partial charge in [0, 0.05) is 25.2 Å². The molecule has 4 heteroatoms. The highest BCUT2D eigenvalue weighted by atomic mass is 35.5. The molecule has 0 aromatic heterocycles. The molecule has 1 atom stereocenters. The summed E-state index contributed by atoms with van der Waals surface area (Å²) in [5, 5.41) is 0. The Balaban J connectivity index is 0.00000128. The normalized spacial score (nSPS) is 21.9. The van der Waals surface area contributed by atoms with E-state index in [-0.39, 0.29) is 12.4 Å². The van der Waals surface area contributed by atoms with Crippen molar-refractivity contribution in [3.05, 3.63) is 0 Å². The van der Waals surface area contributed by atoms with Gasteiger partial charge in [-0.2, -0.15) is 0 Å². The van der Waals surface area contributed by atoms with Crippen LogP contribution in [0.15, 0.2) is 0 Å². The lowest BCUT2D eigenvalue weighted by Crippen LogP contribution is -2.39. The van der Waals surface area contributed by atoms with Gasteiger partial charge in [-0.05, 0) is 38.5 Å². The third-order valence-electron chi connectivity index (χ3n) is 3.60. The summed E-state index contributed by atoms with van der Waals surface area (Å²) in [6.45, 7) is 5.68. The van der Waals surface area contributed by atoms with Crippen molar-refractivity contribution in [1.82, 2.24) is 4.90 Å². The molecule has 0 bridgehead atoms. The number of halogens is 1. The van der Waals surface area contributed by atoms with E-state index in [1.165, 1.54) is 25.7 Å². The molecular formula is C12H25ClN2O. The number of hydrogen-bond donors (Lipinski definition) is 1. The van der Waals surface area contributed by atoms with Crippen LogP contribution >= 0.6 is 12.4 Å². The van der Waals surface area contributed by atoms with Crippen LogP contribution in [0.1, 0.15) is 32.6 Å². The average molecular weight is 249 g/mol. The van der Waals surface area contributed by atoms with Gasteiger partial charge in [-0.25, -0.2) is 0 Å². The van der Waals surface area contributed by atoms with Crippen LogP contribution in [0.25, 0.3) is 0 Å². The number of rotatable bonds is 8. The van der Waals surface area contributed by atoms with Gasteiger partial charge in [-0.1, -0.05) is 0 Å². The number of nitrogens with two attached hydrogens (primary N) is 1. The highest BCUT2D eigenvalue weighted by Gasteiger charge is 2.38. The van der Waals surface area contributed by atoms with Gasteiger partial charge in [0.15, 0.2) is 0 Å². The van der Waals surface area contributed by atoms with Crippen molar-refractivity contribution in [3.63, 3.8) is 0 Å². The summed E-state index contributed by atoms with van der Waals surface area (Å²) in [5.41, 5.74) is 5.40. The Morgan fingerprint density at radius 3 is 2.44 bits per heavy atom. The van der Waals surface area contributed by atoms with Crippen LogP contribution in [0, 0.1) is 5.92 Å². The quantitative estimate of drug-likeness (QED) is 0.664. The van der Waals surface area contributed by atoms with Crippen molar-refractivity contribution in [2.45, 2.75) is 44.7 Å². The predicted molar refractivity (Wildman–Crippen MR) is 69.0 cm³/mol. The summed E-state index contributed by atoms with van der Waals surface area (Å²) in [7, 11) is 0. The van der Waals surface area contributed by atoms with E-state index in [9.17, 15) is 0 Å². The van der Waals surface area contributed by atoms with E-state index in [1.54, 1.807) is 0 Å². The standard InChI is InChI=1S/C12H24N2O.ClH/c1-10(11-2-3-11)14(12-4-5-12)7-9-15-8-6-13;/h10-12H,2-9,13H2,1H3;1H. The van der Waals surface area contributed by atoms with E-state index < -0.39 is 0 Å². The summed E-state index contributed by atoms with van der Waals surface area (Å²) >= 11 is 0. The molecule has 16 heavy (non-hydrogen) atoms. The summed E-state index contributed by atoms with van der Waals surface area (Å²) in [6, 6.07) is 1.64. The van der Waals surface area contributed by atoms with Gasteiger partial charge in [-0.15, -0.1) is 12.4 Å². The van der Waals surface area contributed by atoms with Crippen LogP contribution in [-0.4, -0.2) is 43.3 Å². The minimum Gasteiger partial charge on any atom is -0.379 e. The number of nitrogens with zero attached hydrogens (tertiary/aromatic N) is 1. The molecule has 2 aliphatic carbocycles. The summed E-state index contributed by atoms with van der Waals surface area (Å²) in [4.78, 5) is 2.66. The smallest absolute Gasteiger partial charge is 0.0594 e. The maximum absolute atomic E-state index is 5.47. The van der Waals surface area contributed by atoms with Gasteiger partial charge < -0.3 is 10.5 Å². The minimum absolute atomic E-state index is 0. The summed E-state index contributed by atoms with van der Waals surface area (Å²) < 4.78 is 5.47. The molecule has 0 radical (unpaired) electrons. The SMILES string of the molecule is CC(C1CC1)N(CCOCCN)C1CC1.Cl. The van der Waals surface area contributed by atoms with Gasteiger partial charge in [0.25, 0.3) is 0 Å². The number of ether oxygens (including phenoxy) is 1. The third-order valence-corrected chi connectivity index (χ3v) is 3.60. The first-order valence-corrected chi connectivity index (χ1v) is 6.36. The van der Waals surface area contributed by atoms with Gasteiger partial charge >= 0.3 is 0 Å². The molecule has 96 valence electrons. The molecule has 2 saturated carbocycles. The van der Waals surface area contributed by atoms with Crippen molar-refractivity contribution in [2.24, 2.45) is 11.7 Å². The molecule has 2 N–H and O–H groups in total. The average Bonchev–Trinajstić information content (AvgIpc) is 3.06. The van der Waals surface area contributed by atoms with Crippen LogP contribution in [-0.2, 0) is 4.74 Å². The second kappa shape index (κ2) is 6.80. The fourth-order valence-electron chi connectivity index (χ4n) is 2.33. The topological polar surface area (TPSA) is 38.5 Å². The first-order chi connectivity index (χ1) is 7.33. The lowest BCUT2D eigenvalue weighted by atomic mass is 10.2. The predicted octanol–water partition coefficient (Wildman–Crippen LogP) is 1.65. The molecule has 3 nitrogen and oxygen atoms in total.